The smallest absolute Gasteiger partial charge is 0.211 e. The summed E-state index contributed by atoms with van der Waals surface area (Å²) in [5, 5.41) is 8.13. The van der Waals surface area contributed by atoms with E-state index in [9.17, 15) is 8.42 Å². The van der Waals surface area contributed by atoms with Gasteiger partial charge in [0.1, 0.15) is 12.4 Å². The molecule has 1 aromatic carbocycles. The van der Waals surface area contributed by atoms with Gasteiger partial charge < -0.3 is 4.74 Å². The second kappa shape index (κ2) is 4.57. The molecule has 0 radical (unpaired) electrons. The van der Waals surface area contributed by atoms with Gasteiger partial charge in [-0.15, -0.1) is 10.2 Å². The number of hydrogen-bond acceptors (Lipinski definition) is 5. The van der Waals surface area contributed by atoms with E-state index in [4.69, 9.17) is 4.74 Å². The van der Waals surface area contributed by atoms with E-state index in [2.05, 4.69) is 10.2 Å². The maximum Gasteiger partial charge on any atom is 0.211 e. The molecule has 7 nitrogen and oxygen atoms in total. The fourth-order valence-corrected chi connectivity index (χ4v) is 2.40. The Morgan fingerprint density at radius 3 is 2.85 bits per heavy atom. The number of rotatable bonds is 3. The molecule has 0 unspecified atom stereocenters. The van der Waals surface area contributed by atoms with Crippen molar-refractivity contribution in [3.63, 3.8) is 0 Å². The molecule has 106 valence electrons. The van der Waals surface area contributed by atoms with Gasteiger partial charge >= 0.3 is 0 Å². The van der Waals surface area contributed by atoms with Crippen LogP contribution in [0.4, 0.5) is 0 Å². The third kappa shape index (κ3) is 2.16. The largest absolute Gasteiger partial charge is 0.483 e. The maximum atomic E-state index is 11.5. The van der Waals surface area contributed by atoms with Crippen molar-refractivity contribution in [2.75, 3.05) is 13.3 Å². The third-order valence-corrected chi connectivity index (χ3v) is 4.45. The number of aromatic nitrogens is 3. The van der Waals surface area contributed by atoms with E-state index in [1.807, 2.05) is 28.8 Å². The van der Waals surface area contributed by atoms with E-state index < -0.39 is 10.0 Å². The monoisotopic (exact) mass is 294 g/mol. The lowest BCUT2D eigenvalue weighted by atomic mass is 10.2. The SMILES string of the molecule is CN(Cc1nnc2n1-c1ccccc1OC2)S(C)(=O)=O. The highest BCUT2D eigenvalue weighted by atomic mass is 32.2. The van der Waals surface area contributed by atoms with Crippen molar-refractivity contribution in [3.8, 4) is 11.4 Å². The third-order valence-electron chi connectivity index (χ3n) is 3.19. The summed E-state index contributed by atoms with van der Waals surface area (Å²) in [7, 11) is -1.75. The molecule has 0 fully saturated rings. The Hall–Kier alpha value is -1.93. The predicted molar refractivity (Wildman–Crippen MR) is 72.0 cm³/mol. The van der Waals surface area contributed by atoms with E-state index in [1.165, 1.54) is 11.4 Å². The predicted octanol–water partition coefficient (Wildman–Crippen LogP) is 0.551. The Bertz CT molecular complexity index is 754. The number of hydrogen-bond donors (Lipinski definition) is 0. The van der Waals surface area contributed by atoms with E-state index >= 15 is 0 Å². The number of fused-ring (bicyclic) bond motifs is 3. The maximum absolute atomic E-state index is 11.5. The van der Waals surface area contributed by atoms with Crippen LogP contribution >= 0.6 is 0 Å². The summed E-state index contributed by atoms with van der Waals surface area (Å²) in [6.07, 6.45) is 1.16. The molecule has 0 amide bonds. The molecule has 0 N–H and O–H groups in total. The van der Waals surface area contributed by atoms with Crippen LogP contribution in [0.15, 0.2) is 24.3 Å². The Morgan fingerprint density at radius 2 is 2.10 bits per heavy atom. The molecule has 1 aromatic heterocycles. The minimum absolute atomic E-state index is 0.167. The average molecular weight is 294 g/mol. The number of ether oxygens (including phenoxy) is 1. The van der Waals surface area contributed by atoms with Gasteiger partial charge in [-0.25, -0.2) is 8.42 Å². The molecule has 2 heterocycles. The van der Waals surface area contributed by atoms with Gasteiger partial charge in [0, 0.05) is 7.05 Å². The van der Waals surface area contributed by atoms with Crippen LogP contribution in [0.5, 0.6) is 5.75 Å². The lowest BCUT2D eigenvalue weighted by Crippen LogP contribution is -2.27. The first kappa shape index (κ1) is 13.1. The van der Waals surface area contributed by atoms with Crippen LogP contribution in [-0.2, 0) is 23.2 Å². The molecule has 1 aliphatic heterocycles. The zero-order chi connectivity index (χ0) is 14.3. The van der Waals surface area contributed by atoms with Crippen LogP contribution in [0, 0.1) is 0 Å². The molecular formula is C12H14N4O3S. The zero-order valence-corrected chi connectivity index (χ0v) is 12.0. The molecule has 0 saturated carbocycles. The second-order valence-electron chi connectivity index (χ2n) is 4.64. The summed E-state index contributed by atoms with van der Waals surface area (Å²) in [6, 6.07) is 7.53. The Labute approximate surface area is 116 Å². The van der Waals surface area contributed by atoms with Gasteiger partial charge in [-0.1, -0.05) is 12.1 Å². The topological polar surface area (TPSA) is 77.3 Å². The van der Waals surface area contributed by atoms with Crippen molar-refractivity contribution < 1.29 is 13.2 Å². The van der Waals surface area contributed by atoms with Crippen molar-refractivity contribution in [2.24, 2.45) is 0 Å². The van der Waals surface area contributed by atoms with Gasteiger partial charge in [-0.3, -0.25) is 4.57 Å². The quantitative estimate of drug-likeness (QED) is 0.826. The summed E-state index contributed by atoms with van der Waals surface area (Å²) >= 11 is 0. The van der Waals surface area contributed by atoms with Crippen molar-refractivity contribution in [1.29, 1.82) is 0 Å². The van der Waals surface area contributed by atoms with Crippen molar-refractivity contribution in [2.45, 2.75) is 13.2 Å². The Kier molecular flexibility index (Phi) is 2.98. The molecule has 8 heteroatoms. The van der Waals surface area contributed by atoms with Crippen LogP contribution in [0.2, 0.25) is 0 Å². The summed E-state index contributed by atoms with van der Waals surface area (Å²) in [4.78, 5) is 0. The van der Waals surface area contributed by atoms with Crippen molar-refractivity contribution in [3.05, 3.63) is 35.9 Å². The van der Waals surface area contributed by atoms with Gasteiger partial charge in [0.25, 0.3) is 0 Å². The molecule has 0 atom stereocenters. The molecule has 0 saturated heterocycles. The van der Waals surface area contributed by atoms with Crippen molar-refractivity contribution in [1.82, 2.24) is 19.1 Å². The van der Waals surface area contributed by atoms with Crippen LogP contribution in [0.25, 0.3) is 5.69 Å². The fourth-order valence-electron chi connectivity index (χ4n) is 2.05. The molecule has 0 aliphatic carbocycles. The minimum atomic E-state index is -3.26. The highest BCUT2D eigenvalue weighted by Crippen LogP contribution is 2.29. The van der Waals surface area contributed by atoms with Gasteiger partial charge in [-0.05, 0) is 12.1 Å². The summed E-state index contributed by atoms with van der Waals surface area (Å²) < 4.78 is 31.7. The molecule has 0 bridgehead atoms. The minimum Gasteiger partial charge on any atom is -0.483 e. The molecule has 20 heavy (non-hydrogen) atoms. The van der Waals surface area contributed by atoms with E-state index in [-0.39, 0.29) is 6.54 Å². The second-order valence-corrected chi connectivity index (χ2v) is 6.73. The molecule has 1 aliphatic rings. The highest BCUT2D eigenvalue weighted by Gasteiger charge is 2.24. The molecular weight excluding hydrogens is 280 g/mol. The van der Waals surface area contributed by atoms with Crippen LogP contribution < -0.4 is 4.74 Å². The average Bonchev–Trinajstić information content (AvgIpc) is 2.81. The molecule has 2 aromatic rings. The van der Waals surface area contributed by atoms with E-state index in [0.29, 0.717) is 18.3 Å². The molecule has 3 rings (SSSR count). The first-order valence-electron chi connectivity index (χ1n) is 6.03. The highest BCUT2D eigenvalue weighted by molar-refractivity contribution is 7.88. The fraction of sp³-hybridized carbons (Fsp3) is 0.333. The van der Waals surface area contributed by atoms with Crippen LogP contribution in [-0.4, -0.2) is 40.8 Å². The lowest BCUT2D eigenvalue weighted by Gasteiger charge is -2.21. The summed E-state index contributed by atoms with van der Waals surface area (Å²) in [5.74, 6) is 1.98. The Morgan fingerprint density at radius 1 is 1.35 bits per heavy atom. The summed E-state index contributed by atoms with van der Waals surface area (Å²) in [6.45, 7) is 0.493. The zero-order valence-electron chi connectivity index (χ0n) is 11.1. The lowest BCUT2D eigenvalue weighted by molar-refractivity contribution is 0.278. The molecule has 0 spiro atoms. The van der Waals surface area contributed by atoms with Gasteiger partial charge in [0.05, 0.1) is 18.5 Å². The number of sulfonamides is 1. The number of nitrogens with zero attached hydrogens (tertiary/aromatic N) is 4. The summed E-state index contributed by atoms with van der Waals surface area (Å²) in [5.41, 5.74) is 0.829. The van der Waals surface area contributed by atoms with Gasteiger partial charge in [0.15, 0.2) is 11.6 Å². The van der Waals surface area contributed by atoms with Gasteiger partial charge in [-0.2, -0.15) is 4.31 Å². The first-order chi connectivity index (χ1) is 9.47. The first-order valence-corrected chi connectivity index (χ1v) is 7.88. The standard InChI is InChI=1S/C12H14N4O3S/c1-15(20(2,17)18)7-11-13-14-12-8-19-10-6-4-3-5-9(10)16(11)12/h3-6H,7-8H2,1-2H3. The number of para-hydroxylation sites is 2. The van der Waals surface area contributed by atoms with Crippen molar-refractivity contribution >= 4 is 10.0 Å². The van der Waals surface area contributed by atoms with Crippen LogP contribution in [0.3, 0.4) is 0 Å². The Balaban J connectivity index is 2.04. The van der Waals surface area contributed by atoms with E-state index in [1.54, 1.807) is 0 Å². The van der Waals surface area contributed by atoms with E-state index in [0.717, 1.165) is 17.7 Å². The van der Waals surface area contributed by atoms with Crippen LogP contribution in [0.1, 0.15) is 11.6 Å². The van der Waals surface area contributed by atoms with Gasteiger partial charge in [0.2, 0.25) is 10.0 Å². The number of benzene rings is 1. The normalized spacial score (nSPS) is 13.8.